The summed E-state index contributed by atoms with van der Waals surface area (Å²) in [6, 6.07) is 6.41. The molecule has 4 heteroatoms. The Morgan fingerprint density at radius 2 is 1.76 bits per heavy atom. The number of nitrogens with one attached hydrogen (secondary N) is 1. The van der Waals surface area contributed by atoms with Crippen LogP contribution in [0.3, 0.4) is 0 Å². The lowest BCUT2D eigenvalue weighted by atomic mass is 9.93. The van der Waals surface area contributed by atoms with E-state index in [0.717, 1.165) is 18.5 Å². The molecule has 1 aromatic rings. The lowest BCUT2D eigenvalue weighted by Gasteiger charge is -2.24. The Morgan fingerprint density at radius 1 is 1.18 bits per heavy atom. The third-order valence-corrected chi connectivity index (χ3v) is 2.82. The molecule has 3 N–H and O–H groups in total. The van der Waals surface area contributed by atoms with Crippen LogP contribution in [0.15, 0.2) is 24.3 Å². The molecule has 0 aliphatic heterocycles. The summed E-state index contributed by atoms with van der Waals surface area (Å²) in [4.78, 5) is 0. The Bertz CT molecular complexity index is 323. The fraction of sp³-hybridized carbons (Fsp3) is 0.538. The zero-order chi connectivity index (χ0) is 12.7. The van der Waals surface area contributed by atoms with Crippen LogP contribution in [-0.4, -0.2) is 36.5 Å². The van der Waals surface area contributed by atoms with E-state index in [1.54, 1.807) is 12.1 Å². The number of hydrogen-bond acceptors (Lipinski definition) is 3. The van der Waals surface area contributed by atoms with Gasteiger partial charge in [0.05, 0.1) is 13.2 Å². The van der Waals surface area contributed by atoms with E-state index in [-0.39, 0.29) is 19.0 Å². The van der Waals surface area contributed by atoms with Gasteiger partial charge in [0, 0.05) is 12.0 Å². The summed E-state index contributed by atoms with van der Waals surface area (Å²) in [6.45, 7) is 3.01. The van der Waals surface area contributed by atoms with Gasteiger partial charge in [0.25, 0.3) is 0 Å². The molecule has 1 rings (SSSR count). The summed E-state index contributed by atoms with van der Waals surface area (Å²) < 4.78 is 12.7. The fourth-order valence-electron chi connectivity index (χ4n) is 1.44. The summed E-state index contributed by atoms with van der Waals surface area (Å²) in [7, 11) is 0. The topological polar surface area (TPSA) is 52.5 Å². The van der Waals surface area contributed by atoms with Gasteiger partial charge in [-0.05, 0) is 30.7 Å². The maximum Gasteiger partial charge on any atom is 0.123 e. The van der Waals surface area contributed by atoms with E-state index in [0.29, 0.717) is 6.54 Å². The Balaban J connectivity index is 2.26. The molecule has 96 valence electrons. The summed E-state index contributed by atoms with van der Waals surface area (Å²) in [6.07, 6.45) is 0.799. The maximum atomic E-state index is 12.7. The Hall–Kier alpha value is -0.970. The summed E-state index contributed by atoms with van der Waals surface area (Å²) in [5.41, 5.74) is 0.580. The normalized spacial score (nSPS) is 11.8. The highest BCUT2D eigenvalue weighted by Crippen LogP contribution is 2.12. The lowest BCUT2D eigenvalue weighted by Crippen LogP contribution is -2.38. The van der Waals surface area contributed by atoms with Crippen LogP contribution in [-0.2, 0) is 6.42 Å². The number of aliphatic hydroxyl groups excluding tert-OH is 2. The van der Waals surface area contributed by atoms with Gasteiger partial charge in [0.1, 0.15) is 5.82 Å². The third kappa shape index (κ3) is 4.81. The van der Waals surface area contributed by atoms with Gasteiger partial charge in [0.15, 0.2) is 0 Å². The first-order chi connectivity index (χ1) is 8.09. The molecule has 1 aromatic carbocycles. The third-order valence-electron chi connectivity index (χ3n) is 2.82. The van der Waals surface area contributed by atoms with Gasteiger partial charge in [-0.25, -0.2) is 4.39 Å². The van der Waals surface area contributed by atoms with Crippen molar-refractivity contribution in [1.82, 2.24) is 5.32 Å². The van der Waals surface area contributed by atoms with Crippen molar-refractivity contribution in [3.8, 4) is 0 Å². The van der Waals surface area contributed by atoms with Gasteiger partial charge >= 0.3 is 0 Å². The first-order valence-corrected chi connectivity index (χ1v) is 5.76. The standard InChI is InChI=1S/C13H20FNO2/c1-13(9-16,10-17)8-15-7-6-11-2-4-12(14)5-3-11/h2-5,15-17H,6-10H2,1H3. The molecule has 0 heterocycles. The predicted octanol–water partition coefficient (Wildman–Crippen LogP) is 0.949. The van der Waals surface area contributed by atoms with Crippen molar-refractivity contribution in [3.63, 3.8) is 0 Å². The number of benzene rings is 1. The zero-order valence-corrected chi connectivity index (χ0v) is 10.1. The molecule has 0 radical (unpaired) electrons. The predicted molar refractivity (Wildman–Crippen MR) is 65.3 cm³/mol. The van der Waals surface area contributed by atoms with Gasteiger partial charge < -0.3 is 15.5 Å². The van der Waals surface area contributed by atoms with Crippen LogP contribution in [0.4, 0.5) is 4.39 Å². The van der Waals surface area contributed by atoms with E-state index in [4.69, 9.17) is 10.2 Å². The summed E-state index contributed by atoms with van der Waals surface area (Å²) >= 11 is 0. The molecule has 0 aliphatic carbocycles. The van der Waals surface area contributed by atoms with E-state index >= 15 is 0 Å². The first-order valence-electron chi connectivity index (χ1n) is 5.76. The molecule has 0 saturated carbocycles. The van der Waals surface area contributed by atoms with Gasteiger partial charge in [0.2, 0.25) is 0 Å². The second kappa shape index (κ2) is 6.69. The van der Waals surface area contributed by atoms with Crippen molar-refractivity contribution in [2.75, 3.05) is 26.3 Å². The molecular formula is C13H20FNO2. The molecule has 0 fully saturated rings. The van der Waals surface area contributed by atoms with Crippen LogP contribution in [0.1, 0.15) is 12.5 Å². The zero-order valence-electron chi connectivity index (χ0n) is 10.1. The molecule has 0 bridgehead atoms. The minimum absolute atomic E-state index is 0.0486. The average Bonchev–Trinajstić information content (AvgIpc) is 2.36. The molecule has 3 nitrogen and oxygen atoms in total. The van der Waals surface area contributed by atoms with E-state index in [1.807, 2.05) is 6.92 Å². The minimum Gasteiger partial charge on any atom is -0.396 e. The van der Waals surface area contributed by atoms with Crippen molar-refractivity contribution in [2.24, 2.45) is 5.41 Å². The van der Waals surface area contributed by atoms with Crippen molar-refractivity contribution < 1.29 is 14.6 Å². The fourth-order valence-corrected chi connectivity index (χ4v) is 1.44. The van der Waals surface area contributed by atoms with E-state index < -0.39 is 5.41 Å². The molecule has 0 aromatic heterocycles. The molecule has 0 spiro atoms. The Morgan fingerprint density at radius 3 is 2.29 bits per heavy atom. The monoisotopic (exact) mass is 241 g/mol. The Labute approximate surface area is 101 Å². The van der Waals surface area contributed by atoms with Crippen molar-refractivity contribution in [1.29, 1.82) is 0 Å². The molecule has 0 amide bonds. The van der Waals surface area contributed by atoms with Crippen LogP contribution >= 0.6 is 0 Å². The van der Waals surface area contributed by atoms with Crippen LogP contribution in [0, 0.1) is 11.2 Å². The summed E-state index contributed by atoms with van der Waals surface area (Å²) in [5, 5.41) is 21.4. The van der Waals surface area contributed by atoms with Crippen molar-refractivity contribution >= 4 is 0 Å². The smallest absolute Gasteiger partial charge is 0.123 e. The molecular weight excluding hydrogens is 221 g/mol. The molecule has 17 heavy (non-hydrogen) atoms. The largest absolute Gasteiger partial charge is 0.396 e. The van der Waals surface area contributed by atoms with Gasteiger partial charge in [-0.15, -0.1) is 0 Å². The van der Waals surface area contributed by atoms with E-state index in [2.05, 4.69) is 5.32 Å². The average molecular weight is 241 g/mol. The highest BCUT2D eigenvalue weighted by Gasteiger charge is 2.21. The van der Waals surface area contributed by atoms with Crippen LogP contribution in [0.2, 0.25) is 0 Å². The SMILES string of the molecule is CC(CO)(CO)CNCCc1ccc(F)cc1. The van der Waals surface area contributed by atoms with Crippen molar-refractivity contribution in [3.05, 3.63) is 35.6 Å². The number of rotatable bonds is 7. The van der Waals surface area contributed by atoms with Crippen LogP contribution in [0.25, 0.3) is 0 Å². The van der Waals surface area contributed by atoms with Gasteiger partial charge in [-0.3, -0.25) is 0 Å². The molecule has 0 saturated heterocycles. The van der Waals surface area contributed by atoms with Gasteiger partial charge in [-0.1, -0.05) is 19.1 Å². The minimum atomic E-state index is -0.483. The highest BCUT2D eigenvalue weighted by molar-refractivity contribution is 5.16. The highest BCUT2D eigenvalue weighted by atomic mass is 19.1. The number of hydrogen-bond donors (Lipinski definition) is 3. The molecule has 0 aliphatic rings. The molecule has 0 unspecified atom stereocenters. The van der Waals surface area contributed by atoms with Crippen molar-refractivity contribution in [2.45, 2.75) is 13.3 Å². The summed E-state index contributed by atoms with van der Waals surface area (Å²) in [5.74, 6) is -0.227. The van der Waals surface area contributed by atoms with Crippen LogP contribution < -0.4 is 5.32 Å². The molecule has 0 atom stereocenters. The van der Waals surface area contributed by atoms with E-state index in [1.165, 1.54) is 12.1 Å². The van der Waals surface area contributed by atoms with E-state index in [9.17, 15) is 4.39 Å². The second-order valence-electron chi connectivity index (χ2n) is 4.68. The lowest BCUT2D eigenvalue weighted by molar-refractivity contribution is 0.0700. The first kappa shape index (κ1) is 14.1. The second-order valence-corrected chi connectivity index (χ2v) is 4.68. The maximum absolute atomic E-state index is 12.7. The van der Waals surface area contributed by atoms with Gasteiger partial charge in [-0.2, -0.15) is 0 Å². The number of halogens is 1. The van der Waals surface area contributed by atoms with Crippen LogP contribution in [0.5, 0.6) is 0 Å². The number of aliphatic hydroxyl groups is 2. The Kier molecular flexibility index (Phi) is 5.55. The quantitative estimate of drug-likeness (QED) is 0.623.